The summed E-state index contributed by atoms with van der Waals surface area (Å²) in [4.78, 5) is 0. The molecule has 1 nitrogen and oxygen atoms in total. The molecule has 1 rings (SSSR count). The highest BCUT2D eigenvalue weighted by Crippen LogP contribution is 2.01. The van der Waals surface area contributed by atoms with E-state index < -0.39 is 0 Å². The largest absolute Gasteiger partial charge is 0.398 e. The van der Waals surface area contributed by atoms with Crippen LogP contribution in [0, 0.1) is 0 Å². The van der Waals surface area contributed by atoms with Crippen molar-refractivity contribution in [2.45, 2.75) is 0 Å². The van der Waals surface area contributed by atoms with Crippen LogP contribution in [0.2, 0.25) is 0 Å². The molecule has 2 N–H and O–H groups in total. The lowest BCUT2D eigenvalue weighted by Gasteiger charge is -1.87. The van der Waals surface area contributed by atoms with Gasteiger partial charge in [-0.25, -0.2) is 0 Å². The molecule has 0 aromatic heterocycles. The van der Waals surface area contributed by atoms with Crippen LogP contribution in [-0.4, -0.2) is 5.29 Å². The summed E-state index contributed by atoms with van der Waals surface area (Å²) in [7, 11) is 3.29. The highest BCUT2D eigenvalue weighted by molar-refractivity contribution is 7.23. The van der Waals surface area contributed by atoms with Gasteiger partial charge < -0.3 is 5.73 Å². The fourth-order valence-corrected chi connectivity index (χ4v) is 0.614. The number of hydrogen-bond acceptors (Lipinski definition) is 1. The number of allylic oxidation sites excluding steroid dienone is 3. The SMILES string of the molecule is NC1=CC=CC1=P. The fourth-order valence-electron chi connectivity index (χ4n) is 0.434. The van der Waals surface area contributed by atoms with E-state index in [2.05, 4.69) is 8.86 Å². The first-order chi connectivity index (χ1) is 3.30. The van der Waals surface area contributed by atoms with Gasteiger partial charge >= 0.3 is 0 Å². The third kappa shape index (κ3) is 0.726. The Morgan fingerprint density at radius 1 is 1.57 bits per heavy atom. The molecule has 0 aromatic carbocycles. The van der Waals surface area contributed by atoms with Crippen LogP contribution in [0.25, 0.3) is 0 Å². The molecule has 0 radical (unpaired) electrons. The van der Waals surface area contributed by atoms with Crippen LogP contribution in [0.3, 0.4) is 0 Å². The predicted octanol–water partition coefficient (Wildman–Crippen LogP) is 0.714. The van der Waals surface area contributed by atoms with Crippen molar-refractivity contribution in [1.29, 1.82) is 0 Å². The highest BCUT2D eigenvalue weighted by Gasteiger charge is 1.95. The van der Waals surface area contributed by atoms with Crippen molar-refractivity contribution in [2.75, 3.05) is 0 Å². The van der Waals surface area contributed by atoms with Gasteiger partial charge in [-0.1, -0.05) is 6.08 Å². The summed E-state index contributed by atoms with van der Waals surface area (Å²) in [6.45, 7) is 0. The summed E-state index contributed by atoms with van der Waals surface area (Å²) >= 11 is 0. The van der Waals surface area contributed by atoms with Gasteiger partial charge in [-0.2, -0.15) is 0 Å². The Balaban J connectivity index is 2.89. The lowest BCUT2D eigenvalue weighted by Crippen LogP contribution is -2.01. The molecule has 0 saturated heterocycles. The van der Waals surface area contributed by atoms with E-state index in [-0.39, 0.29) is 0 Å². The van der Waals surface area contributed by atoms with Crippen molar-refractivity contribution in [1.82, 2.24) is 0 Å². The molecule has 0 aromatic rings. The van der Waals surface area contributed by atoms with E-state index in [1.807, 2.05) is 18.2 Å². The Hall–Kier alpha value is -0.550. The molecule has 0 amide bonds. The van der Waals surface area contributed by atoms with Crippen molar-refractivity contribution >= 4 is 14.2 Å². The summed E-state index contributed by atoms with van der Waals surface area (Å²) in [5.74, 6) is 0. The molecule has 0 bridgehead atoms. The summed E-state index contributed by atoms with van der Waals surface area (Å²) in [5, 5.41) is 0.972. The van der Waals surface area contributed by atoms with Crippen molar-refractivity contribution < 1.29 is 0 Å². The van der Waals surface area contributed by atoms with Crippen LogP contribution in [0.15, 0.2) is 23.9 Å². The summed E-state index contributed by atoms with van der Waals surface area (Å²) < 4.78 is 0. The third-order valence-corrected chi connectivity index (χ3v) is 1.31. The second kappa shape index (κ2) is 1.51. The molecule has 0 atom stereocenters. The second-order valence-corrected chi connectivity index (χ2v) is 1.93. The van der Waals surface area contributed by atoms with E-state index in [0.717, 1.165) is 11.0 Å². The van der Waals surface area contributed by atoms with Crippen molar-refractivity contribution in [3.63, 3.8) is 0 Å². The molecular weight excluding hydrogens is 105 g/mol. The number of nitrogens with two attached hydrogens (primary N) is 1. The Morgan fingerprint density at radius 2 is 2.29 bits per heavy atom. The zero-order chi connectivity index (χ0) is 5.28. The normalized spacial score (nSPS) is 17.7. The number of hydrogen-bond donors (Lipinski definition) is 1. The van der Waals surface area contributed by atoms with Gasteiger partial charge in [-0.15, -0.1) is 8.86 Å². The minimum Gasteiger partial charge on any atom is -0.398 e. The average Bonchev–Trinajstić information content (AvgIpc) is 1.91. The van der Waals surface area contributed by atoms with Gasteiger partial charge in [0.05, 0.1) is 0 Å². The van der Waals surface area contributed by atoms with Gasteiger partial charge in [0.2, 0.25) is 0 Å². The van der Waals surface area contributed by atoms with Crippen molar-refractivity contribution in [2.24, 2.45) is 5.73 Å². The van der Waals surface area contributed by atoms with Gasteiger partial charge in [0.1, 0.15) is 0 Å². The molecule has 0 saturated carbocycles. The maximum atomic E-state index is 5.39. The summed E-state index contributed by atoms with van der Waals surface area (Å²) in [6, 6.07) is 0. The molecule has 36 valence electrons. The zero-order valence-corrected chi connectivity index (χ0v) is 4.81. The zero-order valence-electron chi connectivity index (χ0n) is 3.81. The summed E-state index contributed by atoms with van der Waals surface area (Å²) in [5.41, 5.74) is 6.19. The van der Waals surface area contributed by atoms with E-state index >= 15 is 0 Å². The maximum absolute atomic E-state index is 5.39. The minimum absolute atomic E-state index is 0.802. The van der Waals surface area contributed by atoms with Crippen LogP contribution in [0.5, 0.6) is 0 Å². The number of rotatable bonds is 0. The molecule has 0 unspecified atom stereocenters. The first-order valence-corrected chi connectivity index (χ1v) is 2.53. The lowest BCUT2D eigenvalue weighted by molar-refractivity contribution is 1.52. The van der Waals surface area contributed by atoms with E-state index in [1.165, 1.54) is 0 Å². The molecular formula is C5H6NP. The van der Waals surface area contributed by atoms with Crippen LogP contribution in [0.4, 0.5) is 0 Å². The van der Waals surface area contributed by atoms with Gasteiger partial charge in [0.25, 0.3) is 0 Å². The Bertz CT molecular complexity index is 155. The van der Waals surface area contributed by atoms with E-state index in [0.29, 0.717) is 0 Å². The Kier molecular flexibility index (Phi) is 0.994. The average molecular weight is 111 g/mol. The van der Waals surface area contributed by atoms with Crippen molar-refractivity contribution in [3.05, 3.63) is 23.9 Å². The molecule has 0 fully saturated rings. The molecule has 0 spiro atoms. The third-order valence-electron chi connectivity index (χ3n) is 0.850. The highest BCUT2D eigenvalue weighted by atomic mass is 31.0. The van der Waals surface area contributed by atoms with Crippen LogP contribution < -0.4 is 5.73 Å². The molecule has 0 aliphatic heterocycles. The Morgan fingerprint density at radius 3 is 2.43 bits per heavy atom. The van der Waals surface area contributed by atoms with Gasteiger partial charge in [-0.3, -0.25) is 0 Å². The van der Waals surface area contributed by atoms with Crippen LogP contribution in [0.1, 0.15) is 0 Å². The van der Waals surface area contributed by atoms with Crippen LogP contribution in [-0.2, 0) is 0 Å². The van der Waals surface area contributed by atoms with Gasteiger partial charge in [0, 0.05) is 11.0 Å². The first kappa shape index (κ1) is 4.61. The lowest BCUT2D eigenvalue weighted by atomic mass is 10.4. The van der Waals surface area contributed by atoms with Crippen molar-refractivity contribution in [3.8, 4) is 0 Å². The molecule has 0 heterocycles. The second-order valence-electron chi connectivity index (χ2n) is 1.39. The monoisotopic (exact) mass is 111 g/mol. The van der Waals surface area contributed by atoms with Gasteiger partial charge in [0.15, 0.2) is 0 Å². The fraction of sp³-hybridized carbons (Fsp3) is 0. The Labute approximate surface area is 44.7 Å². The van der Waals surface area contributed by atoms with Gasteiger partial charge in [-0.05, 0) is 12.2 Å². The van der Waals surface area contributed by atoms with E-state index in [4.69, 9.17) is 5.73 Å². The maximum Gasteiger partial charge on any atom is 0.0428 e. The smallest absolute Gasteiger partial charge is 0.0428 e. The van der Waals surface area contributed by atoms with E-state index in [1.54, 1.807) is 0 Å². The molecule has 1 aliphatic rings. The first-order valence-electron chi connectivity index (χ1n) is 2.03. The summed E-state index contributed by atoms with van der Waals surface area (Å²) in [6.07, 6.45) is 5.66. The quantitative estimate of drug-likeness (QED) is 0.458. The van der Waals surface area contributed by atoms with E-state index in [9.17, 15) is 0 Å². The minimum atomic E-state index is 0.802. The standard InChI is InChI=1S/C5H6NP/c6-4-2-1-3-5(4)7/h1-3,7H,6H2. The topological polar surface area (TPSA) is 26.0 Å². The molecule has 7 heavy (non-hydrogen) atoms. The molecule has 2 heteroatoms. The predicted molar refractivity (Wildman–Crippen MR) is 34.7 cm³/mol. The molecule has 1 aliphatic carbocycles. The van der Waals surface area contributed by atoms with Crippen LogP contribution >= 0.6 is 8.86 Å².